The third-order valence-electron chi connectivity index (χ3n) is 6.50. The third-order valence-corrected chi connectivity index (χ3v) is 8.85. The molecule has 1 unspecified atom stereocenters. The first kappa shape index (κ1) is 17.8. The van der Waals surface area contributed by atoms with Gasteiger partial charge in [-0.05, 0) is 92.1 Å². The van der Waals surface area contributed by atoms with E-state index in [2.05, 4.69) is 115 Å². The van der Waals surface area contributed by atoms with E-state index in [-0.39, 0.29) is 0 Å². The molecular formula is C29H24S. The molecule has 6 rings (SSSR count). The maximum atomic E-state index is 2.46. The van der Waals surface area contributed by atoms with Crippen LogP contribution in [-0.2, 0) is 0 Å². The van der Waals surface area contributed by atoms with Crippen LogP contribution in [0.4, 0.5) is 0 Å². The van der Waals surface area contributed by atoms with Crippen LogP contribution in [0.15, 0.2) is 96.4 Å². The fraction of sp³-hybridized carbons (Fsp3) is 0.103. The first-order valence-corrected chi connectivity index (χ1v) is 13.0. The predicted octanol–water partition coefficient (Wildman–Crippen LogP) is 8.08. The average molecular weight is 405 g/mol. The summed E-state index contributed by atoms with van der Waals surface area (Å²) in [5.41, 5.74) is 5.54. The Morgan fingerprint density at radius 1 is 0.733 bits per heavy atom. The van der Waals surface area contributed by atoms with Gasteiger partial charge in [0.25, 0.3) is 0 Å². The molecule has 4 aromatic rings. The minimum atomic E-state index is -0.890. The number of allylic oxidation sites excluding steroid dienone is 3. The number of benzene rings is 4. The average Bonchev–Trinajstić information content (AvgIpc) is 3.34. The van der Waals surface area contributed by atoms with Crippen LogP contribution in [-0.4, -0.2) is 12.5 Å². The molecule has 0 amide bonds. The molecule has 0 N–H and O–H groups in total. The quantitative estimate of drug-likeness (QED) is 0.296. The zero-order valence-corrected chi connectivity index (χ0v) is 18.1. The summed E-state index contributed by atoms with van der Waals surface area (Å²) in [6, 6.07) is 27.1. The van der Waals surface area contributed by atoms with Crippen molar-refractivity contribution >= 4 is 42.6 Å². The monoisotopic (exact) mass is 404 g/mol. The second-order valence-corrected chi connectivity index (χ2v) is 12.2. The predicted molar refractivity (Wildman–Crippen MR) is 135 cm³/mol. The molecule has 4 aromatic carbocycles. The fourth-order valence-corrected chi connectivity index (χ4v) is 6.75. The molecule has 1 heterocycles. The van der Waals surface area contributed by atoms with Crippen LogP contribution in [0.5, 0.6) is 0 Å². The van der Waals surface area contributed by atoms with Crippen molar-refractivity contribution in [2.45, 2.75) is 5.92 Å². The molecule has 1 aliphatic carbocycles. The first-order chi connectivity index (χ1) is 14.6. The molecule has 0 fully saturated rings. The molecule has 146 valence electrons. The fourth-order valence-electron chi connectivity index (χ4n) is 4.97. The van der Waals surface area contributed by atoms with Gasteiger partial charge in [-0.1, -0.05) is 66.8 Å². The van der Waals surface area contributed by atoms with Crippen molar-refractivity contribution < 1.29 is 0 Å². The van der Waals surface area contributed by atoms with Crippen molar-refractivity contribution in [1.82, 2.24) is 0 Å². The summed E-state index contributed by atoms with van der Waals surface area (Å²) in [6.07, 6.45) is 14.0. The molecular weight excluding hydrogens is 380 g/mol. The minimum Gasteiger partial charge on any atom is -0.200 e. The van der Waals surface area contributed by atoms with E-state index in [1.807, 2.05) is 0 Å². The molecule has 2 aliphatic rings. The van der Waals surface area contributed by atoms with Gasteiger partial charge in [0, 0.05) is 10.8 Å². The number of hydrogen-bond acceptors (Lipinski definition) is 0. The van der Waals surface area contributed by atoms with E-state index in [4.69, 9.17) is 0 Å². The highest BCUT2D eigenvalue weighted by Gasteiger charge is 2.25. The van der Waals surface area contributed by atoms with Crippen LogP contribution >= 0.6 is 10.0 Å². The van der Waals surface area contributed by atoms with E-state index in [0.717, 1.165) is 0 Å². The Balaban J connectivity index is 1.65. The summed E-state index contributed by atoms with van der Waals surface area (Å²) >= 11 is 0. The van der Waals surface area contributed by atoms with Crippen LogP contribution in [0.2, 0.25) is 0 Å². The Kier molecular flexibility index (Phi) is 3.85. The Morgan fingerprint density at radius 2 is 1.50 bits per heavy atom. The molecule has 0 nitrogen and oxygen atoms in total. The van der Waals surface area contributed by atoms with E-state index in [1.165, 1.54) is 48.7 Å². The molecule has 0 saturated heterocycles. The van der Waals surface area contributed by atoms with Crippen LogP contribution in [0.1, 0.15) is 28.2 Å². The first-order valence-electron chi connectivity index (χ1n) is 10.5. The van der Waals surface area contributed by atoms with Crippen molar-refractivity contribution in [3.63, 3.8) is 0 Å². The highest BCUT2D eigenvalue weighted by Crippen LogP contribution is 2.58. The molecule has 0 bridgehead atoms. The van der Waals surface area contributed by atoms with Gasteiger partial charge in [-0.25, -0.2) is 0 Å². The topological polar surface area (TPSA) is 0 Å². The van der Waals surface area contributed by atoms with Gasteiger partial charge < -0.3 is 0 Å². The Bertz CT molecular complexity index is 1420. The Hall–Kier alpha value is -3.03. The standard InChI is InChI=1S/C29H24S/c1-30(2)15-7-12-29(30)24-17-23-16-21-9-3-4-10-22(21)18-27(23)28(19-24)26-14-13-20-8-5-6-11-25(20)26/h3-19,26H,1-2H3. The summed E-state index contributed by atoms with van der Waals surface area (Å²) in [5.74, 6) is 0.304. The maximum absolute atomic E-state index is 2.46. The SMILES string of the molecule is CS1(C)C=CC=C1c1cc(C2C=Cc3ccccc32)c2cc3ccccc3cc2c1. The lowest BCUT2D eigenvalue weighted by Crippen LogP contribution is -2.00. The van der Waals surface area contributed by atoms with Crippen LogP contribution in [0.25, 0.3) is 32.5 Å². The highest BCUT2D eigenvalue weighted by molar-refractivity contribution is 8.42. The molecule has 1 atom stereocenters. The largest absolute Gasteiger partial charge is 0.200 e. The Labute approximate surface area is 179 Å². The van der Waals surface area contributed by atoms with Crippen molar-refractivity contribution in [3.05, 3.63) is 119 Å². The normalized spacial score (nSPS) is 19.9. The summed E-state index contributed by atoms with van der Waals surface area (Å²) in [6.45, 7) is 0. The second kappa shape index (κ2) is 6.48. The van der Waals surface area contributed by atoms with Gasteiger partial charge in [0.2, 0.25) is 0 Å². The Morgan fingerprint density at radius 3 is 2.30 bits per heavy atom. The molecule has 30 heavy (non-hydrogen) atoms. The van der Waals surface area contributed by atoms with Gasteiger partial charge in [-0.3, -0.25) is 0 Å². The van der Waals surface area contributed by atoms with Crippen LogP contribution < -0.4 is 0 Å². The van der Waals surface area contributed by atoms with Gasteiger partial charge in [-0.15, -0.1) is 0 Å². The van der Waals surface area contributed by atoms with Gasteiger partial charge in [0.15, 0.2) is 0 Å². The van der Waals surface area contributed by atoms with Gasteiger partial charge in [0.1, 0.15) is 0 Å². The summed E-state index contributed by atoms with van der Waals surface area (Å²) in [7, 11) is -0.890. The van der Waals surface area contributed by atoms with Gasteiger partial charge >= 0.3 is 0 Å². The lowest BCUT2D eigenvalue weighted by atomic mass is 9.87. The summed E-state index contributed by atoms with van der Waals surface area (Å²) in [4.78, 5) is 1.48. The summed E-state index contributed by atoms with van der Waals surface area (Å²) < 4.78 is 0. The van der Waals surface area contributed by atoms with E-state index < -0.39 is 10.0 Å². The van der Waals surface area contributed by atoms with Crippen molar-refractivity contribution in [2.24, 2.45) is 0 Å². The minimum absolute atomic E-state index is 0.304. The number of fused-ring (bicyclic) bond motifs is 3. The van der Waals surface area contributed by atoms with Gasteiger partial charge in [0.05, 0.1) is 0 Å². The molecule has 0 radical (unpaired) electrons. The highest BCUT2D eigenvalue weighted by atomic mass is 32.3. The lowest BCUT2D eigenvalue weighted by Gasteiger charge is -2.28. The molecule has 0 aromatic heterocycles. The maximum Gasteiger partial charge on any atom is 0.0285 e. The second-order valence-electron chi connectivity index (χ2n) is 8.72. The smallest absolute Gasteiger partial charge is 0.0285 e. The van der Waals surface area contributed by atoms with Crippen LogP contribution in [0, 0.1) is 0 Å². The number of rotatable bonds is 2. The summed E-state index contributed by atoms with van der Waals surface area (Å²) in [5, 5.41) is 7.70. The zero-order chi connectivity index (χ0) is 20.3. The van der Waals surface area contributed by atoms with Crippen LogP contribution in [0.3, 0.4) is 0 Å². The molecule has 1 aliphatic heterocycles. The van der Waals surface area contributed by atoms with E-state index in [0.29, 0.717) is 5.92 Å². The number of hydrogen-bond donors (Lipinski definition) is 0. The zero-order valence-electron chi connectivity index (χ0n) is 17.3. The third kappa shape index (κ3) is 2.69. The van der Waals surface area contributed by atoms with Crippen molar-refractivity contribution in [3.8, 4) is 0 Å². The molecule has 1 heteroatoms. The lowest BCUT2D eigenvalue weighted by molar-refractivity contribution is 1.06. The van der Waals surface area contributed by atoms with E-state index in [9.17, 15) is 0 Å². The van der Waals surface area contributed by atoms with Crippen molar-refractivity contribution in [2.75, 3.05) is 12.5 Å². The van der Waals surface area contributed by atoms with Gasteiger partial charge in [-0.2, -0.15) is 10.0 Å². The van der Waals surface area contributed by atoms with Crippen molar-refractivity contribution in [1.29, 1.82) is 0 Å². The molecule has 0 saturated carbocycles. The van der Waals surface area contributed by atoms with E-state index >= 15 is 0 Å². The molecule has 0 spiro atoms. The van der Waals surface area contributed by atoms with E-state index in [1.54, 1.807) is 0 Å².